The fraction of sp³-hybridized carbons (Fsp3) is 0.733. The number of anilines is 1. The van der Waals surface area contributed by atoms with Gasteiger partial charge in [-0.25, -0.2) is 9.97 Å². The van der Waals surface area contributed by atoms with Gasteiger partial charge in [0.25, 0.3) is 0 Å². The van der Waals surface area contributed by atoms with Gasteiger partial charge in [-0.05, 0) is 26.7 Å². The van der Waals surface area contributed by atoms with Gasteiger partial charge in [0.15, 0.2) is 0 Å². The maximum absolute atomic E-state index is 6.00. The minimum Gasteiger partial charge on any atom is -0.478 e. The van der Waals surface area contributed by atoms with Gasteiger partial charge >= 0.3 is 0 Å². The third-order valence-electron chi connectivity index (χ3n) is 3.91. The molecule has 112 valence electrons. The molecule has 20 heavy (non-hydrogen) atoms. The van der Waals surface area contributed by atoms with Crippen LogP contribution in [-0.4, -0.2) is 35.0 Å². The normalized spacial score (nSPS) is 16.1. The number of rotatable bonds is 6. The van der Waals surface area contributed by atoms with Crippen molar-refractivity contribution in [1.82, 2.24) is 9.97 Å². The van der Waals surface area contributed by atoms with Crippen LogP contribution in [0, 0.1) is 6.92 Å². The second-order valence-electron chi connectivity index (χ2n) is 5.23. The van der Waals surface area contributed by atoms with E-state index in [1.165, 1.54) is 32.1 Å². The Morgan fingerprint density at radius 3 is 2.70 bits per heavy atom. The van der Waals surface area contributed by atoms with E-state index < -0.39 is 0 Å². The lowest BCUT2D eigenvalue weighted by Gasteiger charge is -2.35. The van der Waals surface area contributed by atoms with Gasteiger partial charge in [0.1, 0.15) is 12.1 Å². The first-order chi connectivity index (χ1) is 9.77. The van der Waals surface area contributed by atoms with E-state index >= 15 is 0 Å². The average molecular weight is 298 g/mol. The van der Waals surface area contributed by atoms with Crippen LogP contribution < -0.4 is 9.64 Å². The van der Waals surface area contributed by atoms with Crippen LogP contribution in [0.1, 0.15) is 44.6 Å². The van der Waals surface area contributed by atoms with Crippen molar-refractivity contribution in [3.05, 3.63) is 11.9 Å². The highest BCUT2D eigenvalue weighted by Gasteiger charge is 2.24. The zero-order chi connectivity index (χ0) is 14.4. The number of hydrogen-bond donors (Lipinski definition) is 0. The van der Waals surface area contributed by atoms with Crippen molar-refractivity contribution in [1.29, 1.82) is 0 Å². The Morgan fingerprint density at radius 2 is 2.05 bits per heavy atom. The van der Waals surface area contributed by atoms with Crippen LogP contribution in [-0.2, 0) is 0 Å². The zero-order valence-corrected chi connectivity index (χ0v) is 13.2. The molecule has 0 saturated heterocycles. The molecule has 0 amide bonds. The van der Waals surface area contributed by atoms with Crippen LogP contribution in [0.3, 0.4) is 0 Å². The van der Waals surface area contributed by atoms with Gasteiger partial charge in [0.05, 0.1) is 12.2 Å². The van der Waals surface area contributed by atoms with E-state index in [1.54, 1.807) is 6.33 Å². The molecule has 4 nitrogen and oxygen atoms in total. The molecule has 0 N–H and O–H groups in total. The number of halogens is 1. The van der Waals surface area contributed by atoms with E-state index in [9.17, 15) is 0 Å². The van der Waals surface area contributed by atoms with Gasteiger partial charge in [-0.3, -0.25) is 0 Å². The quantitative estimate of drug-likeness (QED) is 0.753. The second-order valence-corrected chi connectivity index (χ2v) is 5.61. The van der Waals surface area contributed by atoms with Gasteiger partial charge < -0.3 is 9.64 Å². The van der Waals surface area contributed by atoms with Crippen LogP contribution in [0.5, 0.6) is 5.88 Å². The summed E-state index contributed by atoms with van der Waals surface area (Å²) in [5, 5.41) is 0. The Labute approximate surface area is 126 Å². The van der Waals surface area contributed by atoms with E-state index in [2.05, 4.69) is 14.9 Å². The number of alkyl halides is 1. The van der Waals surface area contributed by atoms with E-state index in [0.29, 0.717) is 24.4 Å². The zero-order valence-electron chi connectivity index (χ0n) is 12.4. The van der Waals surface area contributed by atoms with E-state index in [0.717, 1.165) is 17.9 Å². The van der Waals surface area contributed by atoms with Crippen LogP contribution in [0.4, 0.5) is 5.82 Å². The minimum atomic E-state index is 0.547. The molecule has 0 aromatic carbocycles. The van der Waals surface area contributed by atoms with Gasteiger partial charge in [0, 0.05) is 18.5 Å². The van der Waals surface area contributed by atoms with Crippen molar-refractivity contribution in [2.24, 2.45) is 0 Å². The summed E-state index contributed by atoms with van der Waals surface area (Å²) in [6.07, 6.45) is 7.99. The van der Waals surface area contributed by atoms with Crippen molar-refractivity contribution in [3.8, 4) is 5.88 Å². The van der Waals surface area contributed by atoms with Crippen molar-refractivity contribution < 1.29 is 4.74 Å². The highest BCUT2D eigenvalue weighted by atomic mass is 35.5. The summed E-state index contributed by atoms with van der Waals surface area (Å²) < 4.78 is 5.58. The molecule has 5 heteroatoms. The topological polar surface area (TPSA) is 38.3 Å². The maximum Gasteiger partial charge on any atom is 0.221 e. The molecule has 1 aromatic rings. The van der Waals surface area contributed by atoms with Crippen molar-refractivity contribution in [2.45, 2.75) is 52.0 Å². The van der Waals surface area contributed by atoms with Crippen molar-refractivity contribution in [2.75, 3.05) is 23.9 Å². The predicted octanol–water partition coefficient (Wildman–Crippen LogP) is 3.56. The number of nitrogens with zero attached hydrogens (tertiary/aromatic N) is 3. The van der Waals surface area contributed by atoms with Gasteiger partial charge in [0.2, 0.25) is 5.88 Å². The Bertz CT molecular complexity index is 422. The summed E-state index contributed by atoms with van der Waals surface area (Å²) in [6.45, 7) is 5.45. The van der Waals surface area contributed by atoms with Gasteiger partial charge in [-0.15, -0.1) is 11.6 Å². The SMILES string of the molecule is CCOc1ncnc(N(CCCl)C2CCCCC2)c1C. The molecule has 2 rings (SSSR count). The summed E-state index contributed by atoms with van der Waals surface area (Å²) in [6, 6.07) is 0.547. The summed E-state index contributed by atoms with van der Waals surface area (Å²) in [7, 11) is 0. The molecule has 0 aliphatic heterocycles. The number of aromatic nitrogens is 2. The third kappa shape index (κ3) is 3.54. The molecular formula is C15H24ClN3O. The van der Waals surface area contributed by atoms with Crippen LogP contribution >= 0.6 is 11.6 Å². The molecule has 1 saturated carbocycles. The fourth-order valence-corrected chi connectivity index (χ4v) is 3.12. The first-order valence-electron chi connectivity index (χ1n) is 7.55. The summed E-state index contributed by atoms with van der Waals surface area (Å²) in [5.74, 6) is 2.29. The highest BCUT2D eigenvalue weighted by Crippen LogP contribution is 2.30. The number of ether oxygens (including phenoxy) is 1. The lowest BCUT2D eigenvalue weighted by molar-refractivity contribution is 0.323. The molecule has 1 heterocycles. The molecule has 1 aromatic heterocycles. The molecule has 1 fully saturated rings. The van der Waals surface area contributed by atoms with Crippen LogP contribution in [0.15, 0.2) is 6.33 Å². The smallest absolute Gasteiger partial charge is 0.221 e. The Morgan fingerprint density at radius 1 is 1.30 bits per heavy atom. The number of hydrogen-bond acceptors (Lipinski definition) is 4. The molecular weight excluding hydrogens is 274 g/mol. The highest BCUT2D eigenvalue weighted by molar-refractivity contribution is 6.18. The Hall–Kier alpha value is -1.03. The van der Waals surface area contributed by atoms with E-state index in [4.69, 9.17) is 16.3 Å². The molecule has 0 atom stereocenters. The lowest BCUT2D eigenvalue weighted by Crippen LogP contribution is -2.39. The first-order valence-corrected chi connectivity index (χ1v) is 8.08. The Balaban J connectivity index is 2.25. The molecule has 1 aliphatic carbocycles. The largest absolute Gasteiger partial charge is 0.478 e. The molecule has 1 aliphatic rings. The molecule has 0 spiro atoms. The third-order valence-corrected chi connectivity index (χ3v) is 4.07. The summed E-state index contributed by atoms with van der Waals surface area (Å²) in [4.78, 5) is 11.1. The second kappa shape index (κ2) is 7.67. The summed E-state index contributed by atoms with van der Waals surface area (Å²) >= 11 is 6.00. The fourth-order valence-electron chi connectivity index (χ4n) is 2.94. The molecule has 0 radical (unpaired) electrons. The molecule has 0 bridgehead atoms. The molecule has 0 unspecified atom stereocenters. The predicted molar refractivity (Wildman–Crippen MR) is 82.9 cm³/mol. The first kappa shape index (κ1) is 15.4. The maximum atomic E-state index is 6.00. The summed E-state index contributed by atoms with van der Waals surface area (Å²) in [5.41, 5.74) is 1.02. The lowest BCUT2D eigenvalue weighted by atomic mass is 9.94. The average Bonchev–Trinajstić information content (AvgIpc) is 2.49. The van der Waals surface area contributed by atoms with E-state index in [-0.39, 0.29) is 0 Å². The van der Waals surface area contributed by atoms with Crippen LogP contribution in [0.25, 0.3) is 0 Å². The van der Waals surface area contributed by atoms with E-state index in [1.807, 2.05) is 13.8 Å². The van der Waals surface area contributed by atoms with Gasteiger partial charge in [-0.1, -0.05) is 19.3 Å². The monoisotopic (exact) mass is 297 g/mol. The standard InChI is InChI=1S/C15H24ClN3O/c1-3-20-15-12(2)14(17-11-18-15)19(10-9-16)13-7-5-4-6-8-13/h11,13H,3-10H2,1-2H3. The van der Waals surface area contributed by atoms with Gasteiger partial charge in [-0.2, -0.15) is 0 Å². The minimum absolute atomic E-state index is 0.547. The van der Waals surface area contributed by atoms with Crippen molar-refractivity contribution in [3.63, 3.8) is 0 Å². The van der Waals surface area contributed by atoms with Crippen molar-refractivity contribution >= 4 is 17.4 Å². The Kier molecular flexibility index (Phi) is 5.89. The van der Waals surface area contributed by atoms with Crippen LogP contribution in [0.2, 0.25) is 0 Å².